The van der Waals surface area contributed by atoms with Crippen molar-refractivity contribution < 1.29 is 0 Å². The summed E-state index contributed by atoms with van der Waals surface area (Å²) in [6, 6.07) is 2.16. The number of anilines is 1. The molecular formula is C13H20N6O. The molecule has 0 amide bonds. The molecular weight excluding hydrogens is 256 g/mol. The van der Waals surface area contributed by atoms with Crippen LogP contribution in [0, 0.1) is 12.8 Å². The van der Waals surface area contributed by atoms with Gasteiger partial charge in [-0.15, -0.1) is 0 Å². The molecule has 7 heteroatoms. The molecule has 2 atom stereocenters. The SMILES string of the molecule is Cc1nc(N2CCC(C)CC2CN)cc2n[nH]c(=O)n12. The molecule has 2 aromatic heterocycles. The topological polar surface area (TPSA) is 92.3 Å². The van der Waals surface area contributed by atoms with Gasteiger partial charge in [-0.05, 0) is 25.7 Å². The number of nitrogens with two attached hydrogens (primary N) is 1. The summed E-state index contributed by atoms with van der Waals surface area (Å²) in [7, 11) is 0. The molecule has 1 saturated heterocycles. The zero-order valence-electron chi connectivity index (χ0n) is 11.8. The number of aromatic amines is 1. The van der Waals surface area contributed by atoms with E-state index < -0.39 is 0 Å². The monoisotopic (exact) mass is 276 g/mol. The maximum absolute atomic E-state index is 11.6. The minimum atomic E-state index is -0.251. The smallest absolute Gasteiger partial charge is 0.349 e. The van der Waals surface area contributed by atoms with E-state index in [4.69, 9.17) is 5.73 Å². The summed E-state index contributed by atoms with van der Waals surface area (Å²) < 4.78 is 1.48. The molecule has 2 aromatic rings. The Balaban J connectivity index is 2.03. The second-order valence-electron chi connectivity index (χ2n) is 5.60. The van der Waals surface area contributed by atoms with Crippen LogP contribution in [0.25, 0.3) is 5.65 Å². The van der Waals surface area contributed by atoms with E-state index in [1.54, 1.807) is 0 Å². The molecule has 0 aromatic carbocycles. The molecule has 0 spiro atoms. The van der Waals surface area contributed by atoms with Gasteiger partial charge in [-0.1, -0.05) is 6.92 Å². The van der Waals surface area contributed by atoms with Gasteiger partial charge in [0.05, 0.1) is 0 Å². The maximum atomic E-state index is 11.6. The lowest BCUT2D eigenvalue weighted by molar-refractivity contribution is 0.365. The quantitative estimate of drug-likeness (QED) is 0.822. The predicted molar refractivity (Wildman–Crippen MR) is 76.9 cm³/mol. The second-order valence-corrected chi connectivity index (χ2v) is 5.60. The average molecular weight is 276 g/mol. The summed E-state index contributed by atoms with van der Waals surface area (Å²) in [5, 5.41) is 6.48. The molecule has 0 aliphatic carbocycles. The Kier molecular flexibility index (Phi) is 3.21. The van der Waals surface area contributed by atoms with Crippen LogP contribution in [-0.2, 0) is 0 Å². The van der Waals surface area contributed by atoms with Crippen molar-refractivity contribution in [3.63, 3.8) is 0 Å². The standard InChI is InChI=1S/C13H20N6O/c1-8-3-4-18(10(5-8)7-14)11-6-12-16-17-13(20)19(12)9(2)15-11/h6,8,10H,3-5,7,14H2,1-2H3,(H,17,20). The molecule has 7 nitrogen and oxygen atoms in total. The van der Waals surface area contributed by atoms with E-state index in [1.165, 1.54) is 4.40 Å². The van der Waals surface area contributed by atoms with Crippen LogP contribution < -0.4 is 16.3 Å². The van der Waals surface area contributed by atoms with Gasteiger partial charge in [0.25, 0.3) is 0 Å². The molecule has 3 rings (SSSR count). The molecule has 3 heterocycles. The van der Waals surface area contributed by atoms with Gasteiger partial charge in [0.1, 0.15) is 11.6 Å². The Labute approximate surface area is 116 Å². The predicted octanol–water partition coefficient (Wildman–Crippen LogP) is 0.290. The highest BCUT2D eigenvalue weighted by Gasteiger charge is 2.27. The molecule has 20 heavy (non-hydrogen) atoms. The lowest BCUT2D eigenvalue weighted by atomic mass is 9.92. The number of nitrogens with zero attached hydrogens (tertiary/aromatic N) is 4. The zero-order chi connectivity index (χ0) is 14.3. The molecule has 108 valence electrons. The fourth-order valence-corrected chi connectivity index (χ4v) is 3.01. The molecule has 1 aliphatic heterocycles. The van der Waals surface area contributed by atoms with E-state index in [-0.39, 0.29) is 5.69 Å². The van der Waals surface area contributed by atoms with E-state index in [0.717, 1.165) is 25.2 Å². The summed E-state index contributed by atoms with van der Waals surface area (Å²) in [6.07, 6.45) is 2.21. The largest absolute Gasteiger partial charge is 0.352 e. The fourth-order valence-electron chi connectivity index (χ4n) is 3.01. The third-order valence-electron chi connectivity index (χ3n) is 4.10. The van der Waals surface area contributed by atoms with E-state index >= 15 is 0 Å². The first kappa shape index (κ1) is 13.1. The van der Waals surface area contributed by atoms with Crippen molar-refractivity contribution in [2.24, 2.45) is 11.7 Å². The highest BCUT2D eigenvalue weighted by atomic mass is 16.1. The number of hydrogen-bond donors (Lipinski definition) is 2. The highest BCUT2D eigenvalue weighted by Crippen LogP contribution is 2.26. The van der Waals surface area contributed by atoms with Gasteiger partial charge in [-0.3, -0.25) is 0 Å². The minimum absolute atomic E-state index is 0.251. The first-order chi connectivity index (χ1) is 9.60. The van der Waals surface area contributed by atoms with Crippen LogP contribution >= 0.6 is 0 Å². The number of fused-ring (bicyclic) bond motifs is 1. The van der Waals surface area contributed by atoms with E-state index in [1.807, 2.05) is 13.0 Å². The molecule has 0 radical (unpaired) electrons. The first-order valence-electron chi connectivity index (χ1n) is 7.01. The Bertz CT molecular complexity index is 675. The van der Waals surface area contributed by atoms with Crippen LogP contribution in [-0.4, -0.2) is 38.7 Å². The van der Waals surface area contributed by atoms with Crippen molar-refractivity contribution in [3.05, 3.63) is 22.4 Å². The molecule has 0 bridgehead atoms. The van der Waals surface area contributed by atoms with Crippen LogP contribution in [0.4, 0.5) is 5.82 Å². The van der Waals surface area contributed by atoms with Crippen LogP contribution in [0.5, 0.6) is 0 Å². The summed E-state index contributed by atoms with van der Waals surface area (Å²) in [6.45, 7) is 5.64. The van der Waals surface area contributed by atoms with Crippen LogP contribution in [0.2, 0.25) is 0 Å². The van der Waals surface area contributed by atoms with Crippen LogP contribution in [0.15, 0.2) is 10.9 Å². The Morgan fingerprint density at radius 1 is 1.55 bits per heavy atom. The lowest BCUT2D eigenvalue weighted by Crippen LogP contribution is -2.46. The summed E-state index contributed by atoms with van der Waals surface area (Å²) in [5.41, 5.74) is 6.25. The Hall–Kier alpha value is -1.89. The number of hydrogen-bond acceptors (Lipinski definition) is 5. The van der Waals surface area contributed by atoms with Crippen molar-refractivity contribution in [1.29, 1.82) is 0 Å². The minimum Gasteiger partial charge on any atom is -0.352 e. The van der Waals surface area contributed by atoms with Gasteiger partial charge in [-0.25, -0.2) is 19.3 Å². The Morgan fingerprint density at radius 2 is 2.35 bits per heavy atom. The van der Waals surface area contributed by atoms with Crippen molar-refractivity contribution in [3.8, 4) is 0 Å². The van der Waals surface area contributed by atoms with Gasteiger partial charge in [0.15, 0.2) is 5.65 Å². The number of aryl methyl sites for hydroxylation is 1. The van der Waals surface area contributed by atoms with Gasteiger partial charge in [0, 0.05) is 25.2 Å². The maximum Gasteiger partial charge on any atom is 0.349 e. The number of nitrogens with one attached hydrogen (secondary N) is 1. The third kappa shape index (κ3) is 2.07. The lowest BCUT2D eigenvalue weighted by Gasteiger charge is -2.38. The van der Waals surface area contributed by atoms with Gasteiger partial charge in [0.2, 0.25) is 0 Å². The van der Waals surface area contributed by atoms with Crippen molar-refractivity contribution in [2.45, 2.75) is 32.7 Å². The number of rotatable bonds is 2. The van der Waals surface area contributed by atoms with Gasteiger partial charge >= 0.3 is 5.69 Å². The van der Waals surface area contributed by atoms with E-state index in [2.05, 4.69) is 27.0 Å². The zero-order valence-corrected chi connectivity index (χ0v) is 11.8. The van der Waals surface area contributed by atoms with Crippen molar-refractivity contribution >= 4 is 11.5 Å². The molecule has 2 unspecified atom stereocenters. The highest BCUT2D eigenvalue weighted by molar-refractivity contribution is 5.52. The van der Waals surface area contributed by atoms with E-state index in [0.29, 0.717) is 30.0 Å². The molecule has 3 N–H and O–H groups in total. The summed E-state index contributed by atoms with van der Waals surface area (Å²) in [4.78, 5) is 18.4. The number of aromatic nitrogens is 4. The van der Waals surface area contributed by atoms with Gasteiger partial charge < -0.3 is 10.6 Å². The molecule has 1 fully saturated rings. The van der Waals surface area contributed by atoms with Gasteiger partial charge in [-0.2, -0.15) is 5.10 Å². The fraction of sp³-hybridized carbons (Fsp3) is 0.615. The van der Waals surface area contributed by atoms with Crippen LogP contribution in [0.3, 0.4) is 0 Å². The number of H-pyrrole nitrogens is 1. The van der Waals surface area contributed by atoms with E-state index in [9.17, 15) is 4.79 Å². The molecule has 0 saturated carbocycles. The van der Waals surface area contributed by atoms with Crippen molar-refractivity contribution in [1.82, 2.24) is 19.6 Å². The normalized spacial score (nSPS) is 23.4. The Morgan fingerprint density at radius 3 is 3.10 bits per heavy atom. The second kappa shape index (κ2) is 4.90. The molecule has 1 aliphatic rings. The summed E-state index contributed by atoms with van der Waals surface area (Å²) in [5.74, 6) is 2.19. The average Bonchev–Trinajstić information content (AvgIpc) is 2.80. The van der Waals surface area contributed by atoms with Crippen molar-refractivity contribution in [2.75, 3.05) is 18.0 Å². The van der Waals surface area contributed by atoms with Crippen LogP contribution in [0.1, 0.15) is 25.6 Å². The third-order valence-corrected chi connectivity index (χ3v) is 4.10. The first-order valence-corrected chi connectivity index (χ1v) is 7.01. The summed E-state index contributed by atoms with van der Waals surface area (Å²) >= 11 is 0. The number of piperidine rings is 1.